The molecule has 0 aromatic heterocycles. The Morgan fingerprint density at radius 3 is 2.50 bits per heavy atom. The zero-order valence-corrected chi connectivity index (χ0v) is 9.90. The number of nitrogens with one attached hydrogen (secondary N) is 1. The molecule has 2 nitrogen and oxygen atoms in total. The van der Waals surface area contributed by atoms with Crippen molar-refractivity contribution in [3.8, 4) is 0 Å². The summed E-state index contributed by atoms with van der Waals surface area (Å²) in [6.07, 6.45) is -3.33. The van der Waals surface area contributed by atoms with Crippen LogP contribution < -0.4 is 5.32 Å². The Kier molecular flexibility index (Phi) is 4.19. The molecule has 1 rings (SSSR count). The van der Waals surface area contributed by atoms with Gasteiger partial charge >= 0.3 is 6.18 Å². The fraction of sp³-hybridized carbons (Fsp3) is 0.0833. The van der Waals surface area contributed by atoms with E-state index in [1.807, 2.05) is 0 Å². The highest BCUT2D eigenvalue weighted by molar-refractivity contribution is 6.31. The monoisotopic (exact) mass is 275 g/mol. The second-order valence-electron chi connectivity index (χ2n) is 3.38. The van der Waals surface area contributed by atoms with Crippen molar-refractivity contribution < 1.29 is 18.0 Å². The average molecular weight is 276 g/mol. The van der Waals surface area contributed by atoms with Crippen LogP contribution in [0, 0.1) is 0 Å². The first-order chi connectivity index (χ1) is 8.25. The summed E-state index contributed by atoms with van der Waals surface area (Å²) in [5, 5.41) is 1.83. The van der Waals surface area contributed by atoms with E-state index in [1.54, 1.807) is 0 Å². The van der Waals surface area contributed by atoms with Crippen LogP contribution in [0.2, 0.25) is 5.02 Å². The molecule has 0 heterocycles. The quantitative estimate of drug-likeness (QED) is 0.836. The minimum absolute atomic E-state index is 0.158. The largest absolute Gasteiger partial charge is 0.417 e. The number of benzene rings is 1. The first-order valence-corrected chi connectivity index (χ1v) is 5.13. The van der Waals surface area contributed by atoms with Crippen LogP contribution in [0.25, 0.3) is 0 Å². The summed E-state index contributed by atoms with van der Waals surface area (Å²) < 4.78 is 37.7. The molecule has 0 saturated carbocycles. The predicted molar refractivity (Wildman–Crippen MR) is 63.3 cm³/mol. The van der Waals surface area contributed by atoms with Gasteiger partial charge in [0.2, 0.25) is 0 Å². The number of alkyl halides is 3. The average Bonchev–Trinajstić information content (AvgIpc) is 2.27. The van der Waals surface area contributed by atoms with Gasteiger partial charge in [-0.25, -0.2) is 0 Å². The molecule has 0 aliphatic rings. The van der Waals surface area contributed by atoms with Gasteiger partial charge in [0.05, 0.1) is 10.6 Å². The molecule has 0 radical (unpaired) electrons. The molecule has 1 aromatic carbocycles. The van der Waals surface area contributed by atoms with Crippen molar-refractivity contribution in [2.75, 3.05) is 0 Å². The van der Waals surface area contributed by atoms with E-state index in [4.69, 9.17) is 11.6 Å². The lowest BCUT2D eigenvalue weighted by Crippen LogP contribution is -2.21. The van der Waals surface area contributed by atoms with Gasteiger partial charge in [0.25, 0.3) is 5.91 Å². The highest BCUT2D eigenvalue weighted by Gasteiger charge is 2.33. The molecule has 0 unspecified atom stereocenters. The molecule has 6 heteroatoms. The maximum atomic E-state index is 12.6. The molecule has 0 bridgehead atoms. The van der Waals surface area contributed by atoms with Gasteiger partial charge in [0.15, 0.2) is 0 Å². The molecule has 1 aromatic rings. The van der Waals surface area contributed by atoms with Gasteiger partial charge in [0.1, 0.15) is 0 Å². The third kappa shape index (κ3) is 3.37. The van der Waals surface area contributed by atoms with Gasteiger partial charge in [-0.2, -0.15) is 13.2 Å². The number of rotatable bonds is 3. The minimum atomic E-state index is -4.61. The molecular formula is C12H9ClF3NO. The van der Waals surface area contributed by atoms with E-state index < -0.39 is 22.7 Å². The number of allylic oxidation sites excluding steroid dienone is 1. The standard InChI is InChI=1S/C12H9ClF3NO/c1-3-7(2)17-11(18)8-4-5-10(13)9(6-8)12(14,15)16/h3-6H,1-2H2,(H,17,18). The molecule has 1 N–H and O–H groups in total. The van der Waals surface area contributed by atoms with Crippen LogP contribution in [0.3, 0.4) is 0 Å². The van der Waals surface area contributed by atoms with Crippen molar-refractivity contribution in [2.24, 2.45) is 0 Å². The predicted octanol–water partition coefficient (Wildman–Crippen LogP) is 3.79. The number of halogens is 4. The summed E-state index contributed by atoms with van der Waals surface area (Å²) in [7, 11) is 0. The van der Waals surface area contributed by atoms with Crippen molar-refractivity contribution in [1.82, 2.24) is 5.32 Å². The Hall–Kier alpha value is -1.75. The third-order valence-electron chi connectivity index (χ3n) is 2.05. The molecule has 0 atom stereocenters. The highest BCUT2D eigenvalue weighted by atomic mass is 35.5. The van der Waals surface area contributed by atoms with Crippen LogP contribution in [0.5, 0.6) is 0 Å². The fourth-order valence-corrected chi connectivity index (χ4v) is 1.38. The van der Waals surface area contributed by atoms with E-state index in [-0.39, 0.29) is 11.3 Å². The molecule has 0 aliphatic carbocycles. The Bertz CT molecular complexity index is 509. The van der Waals surface area contributed by atoms with E-state index in [9.17, 15) is 18.0 Å². The van der Waals surface area contributed by atoms with E-state index in [0.717, 1.165) is 6.07 Å². The number of hydrogen-bond acceptors (Lipinski definition) is 1. The topological polar surface area (TPSA) is 29.1 Å². The smallest absolute Gasteiger partial charge is 0.323 e. The first-order valence-electron chi connectivity index (χ1n) is 4.75. The Labute approximate surface area is 107 Å². The molecule has 0 saturated heterocycles. The lowest BCUT2D eigenvalue weighted by atomic mass is 10.1. The lowest BCUT2D eigenvalue weighted by Gasteiger charge is -2.11. The molecular weight excluding hydrogens is 267 g/mol. The summed E-state index contributed by atoms with van der Waals surface area (Å²) in [5.74, 6) is -0.706. The Morgan fingerprint density at radius 1 is 1.39 bits per heavy atom. The maximum absolute atomic E-state index is 12.6. The number of hydrogen-bond donors (Lipinski definition) is 1. The summed E-state index contributed by atoms with van der Waals surface area (Å²) in [5.41, 5.74) is -1.01. The van der Waals surface area contributed by atoms with E-state index in [1.165, 1.54) is 12.1 Å². The minimum Gasteiger partial charge on any atom is -0.323 e. The summed E-state index contributed by atoms with van der Waals surface area (Å²) in [6, 6.07) is 2.91. The SMILES string of the molecule is C=CC(=C)NC(=O)c1ccc(Cl)c(C(F)(F)F)c1. The van der Waals surface area contributed by atoms with Gasteiger partial charge in [-0.05, 0) is 24.3 Å². The molecule has 96 valence electrons. The number of carbonyl (C=O) groups is 1. The molecule has 18 heavy (non-hydrogen) atoms. The van der Waals surface area contributed by atoms with Crippen LogP contribution in [0.1, 0.15) is 15.9 Å². The first kappa shape index (κ1) is 14.3. The third-order valence-corrected chi connectivity index (χ3v) is 2.38. The number of amides is 1. The summed E-state index contributed by atoms with van der Waals surface area (Å²) in [6.45, 7) is 6.79. The van der Waals surface area contributed by atoms with Crippen molar-refractivity contribution in [2.45, 2.75) is 6.18 Å². The van der Waals surface area contributed by atoms with Crippen LogP contribution in [0.4, 0.5) is 13.2 Å². The second-order valence-corrected chi connectivity index (χ2v) is 3.78. The van der Waals surface area contributed by atoms with Crippen LogP contribution in [-0.4, -0.2) is 5.91 Å². The molecule has 0 aliphatic heterocycles. The summed E-state index contributed by atoms with van der Waals surface area (Å²) in [4.78, 5) is 11.6. The second kappa shape index (κ2) is 5.27. The Morgan fingerprint density at radius 2 is 2.00 bits per heavy atom. The Balaban J connectivity index is 3.09. The molecule has 0 fully saturated rings. The zero-order chi connectivity index (χ0) is 13.9. The zero-order valence-electron chi connectivity index (χ0n) is 9.14. The van der Waals surface area contributed by atoms with E-state index in [0.29, 0.717) is 6.07 Å². The van der Waals surface area contributed by atoms with E-state index >= 15 is 0 Å². The molecule has 1 amide bonds. The van der Waals surface area contributed by atoms with Gasteiger partial charge in [-0.1, -0.05) is 24.8 Å². The highest BCUT2D eigenvalue weighted by Crippen LogP contribution is 2.35. The van der Waals surface area contributed by atoms with Crippen LogP contribution in [-0.2, 0) is 6.18 Å². The van der Waals surface area contributed by atoms with Crippen molar-refractivity contribution >= 4 is 17.5 Å². The van der Waals surface area contributed by atoms with Crippen molar-refractivity contribution in [3.63, 3.8) is 0 Å². The molecule has 0 spiro atoms. The van der Waals surface area contributed by atoms with Crippen molar-refractivity contribution in [3.05, 3.63) is 59.3 Å². The number of carbonyl (C=O) groups excluding carboxylic acids is 1. The van der Waals surface area contributed by atoms with Gasteiger partial charge in [-0.15, -0.1) is 0 Å². The van der Waals surface area contributed by atoms with Crippen molar-refractivity contribution in [1.29, 1.82) is 0 Å². The van der Waals surface area contributed by atoms with Gasteiger partial charge in [-0.3, -0.25) is 4.79 Å². The summed E-state index contributed by atoms with van der Waals surface area (Å²) >= 11 is 5.43. The van der Waals surface area contributed by atoms with E-state index in [2.05, 4.69) is 18.5 Å². The van der Waals surface area contributed by atoms with Crippen LogP contribution >= 0.6 is 11.6 Å². The lowest BCUT2D eigenvalue weighted by molar-refractivity contribution is -0.137. The van der Waals surface area contributed by atoms with Gasteiger partial charge < -0.3 is 5.32 Å². The van der Waals surface area contributed by atoms with Gasteiger partial charge in [0, 0.05) is 11.3 Å². The maximum Gasteiger partial charge on any atom is 0.417 e. The van der Waals surface area contributed by atoms with Crippen LogP contribution in [0.15, 0.2) is 43.1 Å². The normalized spacial score (nSPS) is 10.9. The fourth-order valence-electron chi connectivity index (χ4n) is 1.15.